The molecule has 0 aliphatic heterocycles. The minimum Gasteiger partial charge on any atom is -0.377 e. The van der Waals surface area contributed by atoms with Crippen LogP contribution in [0.5, 0.6) is 0 Å². The van der Waals surface area contributed by atoms with E-state index in [2.05, 4.69) is 39.9 Å². The molecule has 0 heterocycles. The van der Waals surface area contributed by atoms with Crippen LogP contribution >= 0.6 is 0 Å². The van der Waals surface area contributed by atoms with Gasteiger partial charge in [-0.05, 0) is 37.1 Å². The Hall–Kier alpha value is -0.0800. The van der Waals surface area contributed by atoms with Crippen LogP contribution in [0.15, 0.2) is 0 Å². The summed E-state index contributed by atoms with van der Waals surface area (Å²) in [5, 5.41) is 3.74. The Bertz CT molecular complexity index is 262. The van der Waals surface area contributed by atoms with Crippen LogP contribution in [0, 0.1) is 23.2 Å². The van der Waals surface area contributed by atoms with Gasteiger partial charge >= 0.3 is 0 Å². The lowest BCUT2D eigenvalue weighted by Crippen LogP contribution is -2.61. The van der Waals surface area contributed by atoms with Crippen LogP contribution in [0.1, 0.15) is 47.5 Å². The Labute approximate surface area is 107 Å². The maximum atomic E-state index is 5.99. The quantitative estimate of drug-likeness (QED) is 0.769. The van der Waals surface area contributed by atoms with Crippen molar-refractivity contribution in [3.8, 4) is 0 Å². The average Bonchev–Trinajstić information content (AvgIpc) is 2.92. The maximum Gasteiger partial charge on any atom is 0.0656 e. The Morgan fingerprint density at radius 3 is 2.41 bits per heavy atom. The predicted octanol–water partition coefficient (Wildman–Crippen LogP) is 3.07. The highest BCUT2D eigenvalue weighted by molar-refractivity contribution is 5.03. The van der Waals surface area contributed by atoms with E-state index in [0.29, 0.717) is 23.5 Å². The zero-order valence-corrected chi connectivity index (χ0v) is 12.1. The first-order valence-electron chi connectivity index (χ1n) is 7.26. The zero-order valence-electron chi connectivity index (χ0n) is 12.1. The summed E-state index contributed by atoms with van der Waals surface area (Å²) in [5.41, 5.74) is 0.313. The minimum absolute atomic E-state index is 0.313. The minimum atomic E-state index is 0.313. The van der Waals surface area contributed by atoms with E-state index in [-0.39, 0.29) is 0 Å². The fourth-order valence-corrected chi connectivity index (χ4v) is 2.80. The molecule has 0 aromatic heterocycles. The van der Waals surface area contributed by atoms with Gasteiger partial charge in [0.25, 0.3) is 0 Å². The fraction of sp³-hybridized carbons (Fsp3) is 1.00. The third kappa shape index (κ3) is 3.03. The molecule has 2 fully saturated rings. The molecule has 2 nitrogen and oxygen atoms in total. The molecule has 2 saturated carbocycles. The molecule has 0 spiro atoms. The highest BCUT2D eigenvalue weighted by atomic mass is 16.5. The monoisotopic (exact) mass is 239 g/mol. The number of rotatable bonds is 6. The van der Waals surface area contributed by atoms with Crippen molar-refractivity contribution in [3.05, 3.63) is 0 Å². The van der Waals surface area contributed by atoms with Gasteiger partial charge in [-0.25, -0.2) is 0 Å². The van der Waals surface area contributed by atoms with Gasteiger partial charge in [-0.1, -0.05) is 34.6 Å². The summed E-state index contributed by atoms with van der Waals surface area (Å²) in [4.78, 5) is 0. The topological polar surface area (TPSA) is 21.3 Å². The molecule has 2 aliphatic carbocycles. The van der Waals surface area contributed by atoms with Crippen LogP contribution in [0.3, 0.4) is 0 Å². The van der Waals surface area contributed by atoms with Gasteiger partial charge in [0.05, 0.1) is 6.10 Å². The highest BCUT2D eigenvalue weighted by Gasteiger charge is 2.49. The van der Waals surface area contributed by atoms with E-state index in [4.69, 9.17) is 4.74 Å². The first kappa shape index (κ1) is 13.4. The molecule has 0 aromatic rings. The summed E-state index contributed by atoms with van der Waals surface area (Å²) in [5.74, 6) is 2.55. The van der Waals surface area contributed by atoms with Gasteiger partial charge in [-0.2, -0.15) is 0 Å². The molecule has 0 bridgehead atoms. The highest BCUT2D eigenvalue weighted by Crippen LogP contribution is 2.44. The molecule has 2 aliphatic rings. The first-order valence-corrected chi connectivity index (χ1v) is 7.26. The number of nitrogens with one attached hydrogen (secondary N) is 1. The van der Waals surface area contributed by atoms with Crippen LogP contribution in [0.2, 0.25) is 0 Å². The third-order valence-electron chi connectivity index (χ3n) is 4.71. The summed E-state index contributed by atoms with van der Waals surface area (Å²) in [6.07, 6.45) is 3.08. The lowest BCUT2D eigenvalue weighted by atomic mass is 9.64. The number of ether oxygens (including phenoxy) is 1. The Morgan fingerprint density at radius 1 is 1.29 bits per heavy atom. The molecule has 0 aromatic carbocycles. The van der Waals surface area contributed by atoms with Crippen LogP contribution in [0.4, 0.5) is 0 Å². The van der Waals surface area contributed by atoms with E-state index >= 15 is 0 Å². The molecule has 1 N–H and O–H groups in total. The van der Waals surface area contributed by atoms with E-state index in [1.54, 1.807) is 0 Å². The van der Waals surface area contributed by atoms with Crippen molar-refractivity contribution >= 4 is 0 Å². The van der Waals surface area contributed by atoms with Gasteiger partial charge in [0.15, 0.2) is 0 Å². The second-order valence-electron chi connectivity index (χ2n) is 7.21. The molecular weight excluding hydrogens is 210 g/mol. The Morgan fingerprint density at radius 2 is 1.94 bits per heavy atom. The largest absolute Gasteiger partial charge is 0.377 e. The standard InChI is InChI=1S/C15H29NO/c1-10(2)9-17-14-7-13(15(14,4)5)16-8-12-6-11(12)3/h10-14,16H,6-9H2,1-5H3. The van der Waals surface area contributed by atoms with E-state index in [1.807, 2.05) is 0 Å². The van der Waals surface area contributed by atoms with Crippen LogP contribution in [-0.4, -0.2) is 25.3 Å². The molecular formula is C15H29NO. The third-order valence-corrected chi connectivity index (χ3v) is 4.71. The van der Waals surface area contributed by atoms with Gasteiger partial charge in [0, 0.05) is 18.1 Å². The SMILES string of the molecule is CC(C)COC1CC(NCC2CC2C)C1(C)C. The maximum absolute atomic E-state index is 5.99. The van der Waals surface area contributed by atoms with E-state index in [9.17, 15) is 0 Å². The normalized spacial score (nSPS) is 39.2. The summed E-state index contributed by atoms with van der Waals surface area (Å²) in [6.45, 7) is 13.6. The van der Waals surface area contributed by atoms with Gasteiger partial charge in [0.1, 0.15) is 0 Å². The van der Waals surface area contributed by atoms with Gasteiger partial charge < -0.3 is 10.1 Å². The van der Waals surface area contributed by atoms with Crippen molar-refractivity contribution in [2.75, 3.05) is 13.2 Å². The van der Waals surface area contributed by atoms with Crippen molar-refractivity contribution < 1.29 is 4.74 Å². The molecule has 0 saturated heterocycles. The average molecular weight is 239 g/mol. The van der Waals surface area contributed by atoms with Crippen molar-refractivity contribution in [2.45, 2.75) is 59.6 Å². The van der Waals surface area contributed by atoms with E-state index in [0.717, 1.165) is 18.4 Å². The lowest BCUT2D eigenvalue weighted by molar-refractivity contribution is -0.123. The second kappa shape index (κ2) is 4.89. The molecule has 100 valence electrons. The second-order valence-corrected chi connectivity index (χ2v) is 7.21. The summed E-state index contributed by atoms with van der Waals surface area (Å²) >= 11 is 0. The van der Waals surface area contributed by atoms with Crippen LogP contribution in [0.25, 0.3) is 0 Å². The molecule has 2 heteroatoms. The number of hydrogen-bond donors (Lipinski definition) is 1. The van der Waals surface area contributed by atoms with Crippen molar-refractivity contribution in [3.63, 3.8) is 0 Å². The molecule has 0 amide bonds. The summed E-state index contributed by atoms with van der Waals surface area (Å²) in [7, 11) is 0. The molecule has 4 atom stereocenters. The van der Waals surface area contributed by atoms with Crippen LogP contribution in [-0.2, 0) is 4.74 Å². The van der Waals surface area contributed by atoms with Crippen LogP contribution < -0.4 is 5.32 Å². The summed E-state index contributed by atoms with van der Waals surface area (Å²) < 4.78 is 5.99. The first-order chi connectivity index (χ1) is 7.91. The number of hydrogen-bond acceptors (Lipinski definition) is 2. The Kier molecular flexibility index (Phi) is 3.84. The smallest absolute Gasteiger partial charge is 0.0656 e. The van der Waals surface area contributed by atoms with E-state index in [1.165, 1.54) is 19.4 Å². The van der Waals surface area contributed by atoms with Gasteiger partial charge in [0.2, 0.25) is 0 Å². The van der Waals surface area contributed by atoms with Gasteiger partial charge in [-0.15, -0.1) is 0 Å². The molecule has 4 unspecified atom stereocenters. The Balaban J connectivity index is 1.68. The van der Waals surface area contributed by atoms with E-state index < -0.39 is 0 Å². The molecule has 2 rings (SSSR count). The van der Waals surface area contributed by atoms with Crippen molar-refractivity contribution in [1.82, 2.24) is 5.32 Å². The predicted molar refractivity (Wildman–Crippen MR) is 72.0 cm³/mol. The lowest BCUT2D eigenvalue weighted by Gasteiger charge is -2.52. The van der Waals surface area contributed by atoms with Crippen molar-refractivity contribution in [1.29, 1.82) is 0 Å². The fourth-order valence-electron chi connectivity index (χ4n) is 2.80. The van der Waals surface area contributed by atoms with Crippen molar-refractivity contribution in [2.24, 2.45) is 23.2 Å². The molecule has 0 radical (unpaired) electrons. The van der Waals surface area contributed by atoms with Gasteiger partial charge in [-0.3, -0.25) is 0 Å². The molecule has 17 heavy (non-hydrogen) atoms. The summed E-state index contributed by atoms with van der Waals surface area (Å²) in [6, 6.07) is 0.660. The zero-order chi connectivity index (χ0) is 12.6.